The molecule has 1 aliphatic heterocycles. The molecule has 2 heterocycles. The first-order chi connectivity index (χ1) is 10.5. The molecular formula is C15H20N6S. The summed E-state index contributed by atoms with van der Waals surface area (Å²) in [6.07, 6.45) is 1.64. The van der Waals surface area contributed by atoms with Crippen LogP contribution in [-0.4, -0.2) is 23.1 Å². The van der Waals surface area contributed by atoms with E-state index >= 15 is 0 Å². The quantitative estimate of drug-likeness (QED) is 0.733. The maximum absolute atomic E-state index is 9.51. The minimum absolute atomic E-state index is 0.00876. The standard InChI is InChI=1S/C15H20N6S/c1-15(2,3)12-9-22-13(21-12)10(8-17)11-4-6-18-14(20-11)19-7-5-16/h4,6,9,21H,5,7,16H2,1-3H3,(H,18,19,20). The fourth-order valence-corrected chi connectivity index (χ4v) is 2.86. The number of nitrogens with zero attached hydrogens (tertiary/aromatic N) is 3. The van der Waals surface area contributed by atoms with Crippen LogP contribution in [0.25, 0.3) is 5.57 Å². The summed E-state index contributed by atoms with van der Waals surface area (Å²) in [6, 6.07) is 3.97. The lowest BCUT2D eigenvalue weighted by Crippen LogP contribution is -2.20. The SMILES string of the molecule is CC(C)(C)C1=CSC(=C(C#N)c2ccnc(NCCN)n2)N1. The molecule has 1 aliphatic rings. The largest absolute Gasteiger partial charge is 0.353 e. The molecule has 0 atom stereocenters. The van der Waals surface area contributed by atoms with Gasteiger partial charge in [-0.3, -0.25) is 0 Å². The number of rotatable bonds is 4. The smallest absolute Gasteiger partial charge is 0.223 e. The van der Waals surface area contributed by atoms with E-state index in [1.54, 1.807) is 12.3 Å². The summed E-state index contributed by atoms with van der Waals surface area (Å²) in [4.78, 5) is 8.50. The van der Waals surface area contributed by atoms with Crippen LogP contribution >= 0.6 is 11.8 Å². The highest BCUT2D eigenvalue weighted by Crippen LogP contribution is 2.37. The van der Waals surface area contributed by atoms with E-state index in [-0.39, 0.29) is 5.41 Å². The zero-order valence-corrected chi connectivity index (χ0v) is 13.8. The fraction of sp³-hybridized carbons (Fsp3) is 0.400. The monoisotopic (exact) mass is 316 g/mol. The van der Waals surface area contributed by atoms with Gasteiger partial charge in [-0.2, -0.15) is 5.26 Å². The van der Waals surface area contributed by atoms with Crippen molar-refractivity contribution in [2.24, 2.45) is 11.1 Å². The fourth-order valence-electron chi connectivity index (χ4n) is 1.78. The van der Waals surface area contributed by atoms with E-state index in [0.29, 0.717) is 30.3 Å². The zero-order valence-electron chi connectivity index (χ0n) is 13.0. The Morgan fingerprint density at radius 2 is 2.27 bits per heavy atom. The van der Waals surface area contributed by atoms with Crippen LogP contribution in [0.2, 0.25) is 0 Å². The molecular weight excluding hydrogens is 296 g/mol. The van der Waals surface area contributed by atoms with Gasteiger partial charge < -0.3 is 16.4 Å². The summed E-state index contributed by atoms with van der Waals surface area (Å²) in [6.45, 7) is 7.46. The van der Waals surface area contributed by atoms with Gasteiger partial charge in [0.1, 0.15) is 11.6 Å². The van der Waals surface area contributed by atoms with Gasteiger partial charge >= 0.3 is 0 Å². The summed E-state index contributed by atoms with van der Waals surface area (Å²) < 4.78 is 0. The van der Waals surface area contributed by atoms with Crippen molar-refractivity contribution in [3.05, 3.63) is 34.1 Å². The lowest BCUT2D eigenvalue weighted by atomic mass is 9.93. The molecule has 7 heteroatoms. The lowest BCUT2D eigenvalue weighted by Gasteiger charge is -2.20. The van der Waals surface area contributed by atoms with Crippen molar-refractivity contribution in [2.75, 3.05) is 18.4 Å². The van der Waals surface area contributed by atoms with Crippen LogP contribution in [0.5, 0.6) is 0 Å². The topological polar surface area (TPSA) is 99.7 Å². The average Bonchev–Trinajstić information content (AvgIpc) is 2.96. The Bertz CT molecular complexity index is 651. The van der Waals surface area contributed by atoms with Gasteiger partial charge in [-0.15, -0.1) is 0 Å². The number of anilines is 1. The van der Waals surface area contributed by atoms with Gasteiger partial charge in [-0.05, 0) is 11.5 Å². The third-order valence-electron chi connectivity index (χ3n) is 3.03. The van der Waals surface area contributed by atoms with Gasteiger partial charge in [0.25, 0.3) is 0 Å². The summed E-state index contributed by atoms with van der Waals surface area (Å²) in [5, 5.41) is 18.7. The van der Waals surface area contributed by atoms with Crippen molar-refractivity contribution in [2.45, 2.75) is 20.8 Å². The molecule has 0 unspecified atom stereocenters. The van der Waals surface area contributed by atoms with Crippen molar-refractivity contribution in [3.8, 4) is 6.07 Å². The van der Waals surface area contributed by atoms with Gasteiger partial charge in [0.15, 0.2) is 0 Å². The van der Waals surface area contributed by atoms with Crippen LogP contribution in [-0.2, 0) is 0 Å². The predicted molar refractivity (Wildman–Crippen MR) is 90.4 cm³/mol. The minimum Gasteiger partial charge on any atom is -0.353 e. The Kier molecular flexibility index (Phi) is 5.06. The second kappa shape index (κ2) is 6.81. The average molecular weight is 316 g/mol. The van der Waals surface area contributed by atoms with Gasteiger partial charge in [0, 0.05) is 30.4 Å². The van der Waals surface area contributed by atoms with E-state index in [1.807, 2.05) is 5.41 Å². The van der Waals surface area contributed by atoms with Crippen LogP contribution in [0.4, 0.5) is 5.95 Å². The number of nitriles is 1. The highest BCUT2D eigenvalue weighted by Gasteiger charge is 2.25. The zero-order chi connectivity index (χ0) is 16.2. The van der Waals surface area contributed by atoms with Crippen LogP contribution < -0.4 is 16.4 Å². The van der Waals surface area contributed by atoms with E-state index < -0.39 is 0 Å². The van der Waals surface area contributed by atoms with Crippen molar-refractivity contribution >= 4 is 23.3 Å². The first-order valence-corrected chi connectivity index (χ1v) is 7.89. The second-order valence-electron chi connectivity index (χ2n) is 5.82. The summed E-state index contributed by atoms with van der Waals surface area (Å²) in [5.74, 6) is 0.475. The molecule has 1 aromatic heterocycles. The molecule has 0 amide bonds. The number of nitrogens with two attached hydrogens (primary N) is 1. The van der Waals surface area contributed by atoms with Crippen molar-refractivity contribution in [3.63, 3.8) is 0 Å². The van der Waals surface area contributed by atoms with Crippen LogP contribution in [0, 0.1) is 16.7 Å². The first kappa shape index (κ1) is 16.3. The van der Waals surface area contributed by atoms with Crippen LogP contribution in [0.15, 0.2) is 28.4 Å². The lowest BCUT2D eigenvalue weighted by molar-refractivity contribution is 0.481. The molecule has 0 fully saturated rings. The Morgan fingerprint density at radius 3 is 2.86 bits per heavy atom. The molecule has 6 nitrogen and oxygen atoms in total. The number of hydrogen-bond donors (Lipinski definition) is 3. The molecule has 0 saturated heterocycles. The third kappa shape index (κ3) is 3.78. The maximum Gasteiger partial charge on any atom is 0.223 e. The molecule has 0 aromatic carbocycles. The van der Waals surface area contributed by atoms with Gasteiger partial charge in [0.05, 0.1) is 10.7 Å². The number of allylic oxidation sites excluding steroid dienone is 2. The minimum atomic E-state index is 0.00876. The molecule has 0 bridgehead atoms. The van der Waals surface area contributed by atoms with E-state index in [0.717, 1.165) is 10.7 Å². The van der Waals surface area contributed by atoms with Gasteiger partial charge in [-0.25, -0.2) is 9.97 Å². The van der Waals surface area contributed by atoms with E-state index in [4.69, 9.17) is 5.73 Å². The number of nitrogens with one attached hydrogen (secondary N) is 2. The maximum atomic E-state index is 9.51. The molecule has 0 radical (unpaired) electrons. The first-order valence-electron chi connectivity index (χ1n) is 7.01. The molecule has 1 aromatic rings. The van der Waals surface area contributed by atoms with Crippen LogP contribution in [0.3, 0.4) is 0 Å². The molecule has 2 rings (SSSR count). The van der Waals surface area contributed by atoms with E-state index in [2.05, 4.69) is 47.4 Å². The molecule has 0 aliphatic carbocycles. The highest BCUT2D eigenvalue weighted by atomic mass is 32.2. The normalized spacial score (nSPS) is 16.6. The Morgan fingerprint density at radius 1 is 1.50 bits per heavy atom. The van der Waals surface area contributed by atoms with Crippen molar-refractivity contribution in [1.82, 2.24) is 15.3 Å². The van der Waals surface area contributed by atoms with Gasteiger partial charge in [0.2, 0.25) is 5.95 Å². The molecule has 4 N–H and O–H groups in total. The van der Waals surface area contributed by atoms with Crippen molar-refractivity contribution < 1.29 is 0 Å². The number of thioether (sulfide) groups is 1. The van der Waals surface area contributed by atoms with E-state index in [1.165, 1.54) is 11.8 Å². The van der Waals surface area contributed by atoms with E-state index in [9.17, 15) is 5.26 Å². The molecule has 0 spiro atoms. The summed E-state index contributed by atoms with van der Waals surface area (Å²) >= 11 is 1.51. The number of aromatic nitrogens is 2. The Labute approximate surface area is 134 Å². The summed E-state index contributed by atoms with van der Waals surface area (Å²) in [5.41, 5.74) is 7.66. The molecule has 0 saturated carbocycles. The number of hydrogen-bond acceptors (Lipinski definition) is 7. The second-order valence-corrected chi connectivity index (χ2v) is 6.70. The predicted octanol–water partition coefficient (Wildman–Crippen LogP) is 2.26. The highest BCUT2D eigenvalue weighted by molar-refractivity contribution is 8.06. The molecule has 22 heavy (non-hydrogen) atoms. The van der Waals surface area contributed by atoms with Crippen molar-refractivity contribution in [1.29, 1.82) is 5.26 Å². The summed E-state index contributed by atoms with van der Waals surface area (Å²) in [7, 11) is 0. The molecule has 116 valence electrons. The Hall–Kier alpha value is -2.04. The van der Waals surface area contributed by atoms with Crippen LogP contribution in [0.1, 0.15) is 26.5 Å². The van der Waals surface area contributed by atoms with Gasteiger partial charge in [-0.1, -0.05) is 32.5 Å². The third-order valence-corrected chi connectivity index (χ3v) is 3.92. The Balaban J connectivity index is 2.27.